The number of Topliss-reactive ketones (excluding diaryl/α,β-unsaturated/α-hetero) is 1. The predicted octanol–water partition coefficient (Wildman–Crippen LogP) is 2.77. The number of aliphatic hydroxyl groups is 1. The number of ether oxygens (including phenoxy) is 2. The Balaban J connectivity index is 1.35. The van der Waals surface area contributed by atoms with Gasteiger partial charge >= 0.3 is 5.97 Å². The highest BCUT2D eigenvalue weighted by Gasteiger charge is 2.79. The average Bonchev–Trinajstić information content (AvgIpc) is 3.43. The second kappa shape index (κ2) is 10.1. The van der Waals surface area contributed by atoms with Crippen molar-refractivity contribution in [2.75, 3.05) is 26.0 Å². The van der Waals surface area contributed by atoms with Gasteiger partial charge in [0.1, 0.15) is 18.2 Å². The number of nitrogens with zero attached hydrogens (tertiary/aromatic N) is 1. The molecule has 1 aromatic rings. The van der Waals surface area contributed by atoms with Gasteiger partial charge < -0.3 is 30.5 Å². The summed E-state index contributed by atoms with van der Waals surface area (Å²) in [6.45, 7) is 14.5. The Morgan fingerprint density at radius 3 is 2.43 bits per heavy atom. The molecule has 4 N–H and O–H groups in total. The van der Waals surface area contributed by atoms with Crippen molar-refractivity contribution in [3.63, 3.8) is 0 Å². The summed E-state index contributed by atoms with van der Waals surface area (Å²) in [5.41, 5.74) is -2.83. The molecule has 1 aromatic carbocycles. The molecular formula is C34H50N4O6. The van der Waals surface area contributed by atoms with Gasteiger partial charge in [-0.3, -0.25) is 19.3 Å². The fourth-order valence-corrected chi connectivity index (χ4v) is 9.56. The summed E-state index contributed by atoms with van der Waals surface area (Å²) >= 11 is 0. The monoisotopic (exact) mass is 610 g/mol. The van der Waals surface area contributed by atoms with Crippen molar-refractivity contribution < 1.29 is 29.0 Å². The molecule has 0 radical (unpaired) electrons. The third kappa shape index (κ3) is 4.06. The van der Waals surface area contributed by atoms with Crippen LogP contribution in [0.15, 0.2) is 18.2 Å². The van der Waals surface area contributed by atoms with Crippen LogP contribution in [0.2, 0.25) is 0 Å². The number of hydrogen-bond donors (Lipinski definition) is 4. The van der Waals surface area contributed by atoms with Gasteiger partial charge in [0.2, 0.25) is 5.91 Å². The Kier molecular flexibility index (Phi) is 7.23. The van der Waals surface area contributed by atoms with Gasteiger partial charge in [0.15, 0.2) is 5.78 Å². The van der Waals surface area contributed by atoms with Crippen molar-refractivity contribution >= 4 is 23.3 Å². The van der Waals surface area contributed by atoms with Gasteiger partial charge in [-0.05, 0) is 71.7 Å². The molecule has 0 bridgehead atoms. The van der Waals surface area contributed by atoms with E-state index in [1.54, 1.807) is 13.1 Å². The first-order chi connectivity index (χ1) is 20.5. The Morgan fingerprint density at radius 2 is 1.84 bits per heavy atom. The number of amides is 1. The molecule has 8 unspecified atom stereocenters. The molecule has 8 atom stereocenters. The number of ketones is 1. The molecular weight excluding hydrogens is 560 g/mol. The van der Waals surface area contributed by atoms with Crippen LogP contribution >= 0.6 is 0 Å². The van der Waals surface area contributed by atoms with E-state index in [1.165, 1.54) is 0 Å². The van der Waals surface area contributed by atoms with Crippen molar-refractivity contribution in [1.82, 2.24) is 15.5 Å². The number of rotatable bonds is 7. The van der Waals surface area contributed by atoms with Crippen molar-refractivity contribution in [2.24, 2.45) is 11.3 Å². The van der Waals surface area contributed by atoms with E-state index in [-0.39, 0.29) is 47.8 Å². The minimum Gasteiger partial charge on any atom is -0.461 e. The van der Waals surface area contributed by atoms with E-state index in [9.17, 15) is 19.5 Å². The Bertz CT molecular complexity index is 1390. The highest BCUT2D eigenvalue weighted by atomic mass is 16.6. The highest BCUT2D eigenvalue weighted by molar-refractivity contribution is 6.15. The number of para-hydroxylation sites is 1. The number of carbonyl (C=O) groups excluding carboxylic acids is 3. The number of benzene rings is 1. The fraction of sp³-hybridized carbons (Fsp3) is 0.735. The van der Waals surface area contributed by atoms with E-state index < -0.39 is 33.7 Å². The van der Waals surface area contributed by atoms with E-state index in [1.807, 2.05) is 60.7 Å². The number of nitrogens with one attached hydrogen (secondary N) is 3. The molecule has 1 saturated carbocycles. The van der Waals surface area contributed by atoms with E-state index >= 15 is 0 Å². The second-order valence-corrected chi connectivity index (χ2v) is 15.5. The lowest BCUT2D eigenvalue weighted by atomic mass is 9.57. The Morgan fingerprint density at radius 1 is 1.16 bits per heavy atom. The molecule has 4 fully saturated rings. The SMILES string of the molecule is CNC(C(=O)OC1CC(C)N2CC3(NC)CC4(C(=O)Nc5c(C(=O)C6OC6(C)C)cccc54)C(C)(C)C3(O)CC2C1)C(C)C. The third-order valence-corrected chi connectivity index (χ3v) is 12.3. The van der Waals surface area contributed by atoms with Crippen LogP contribution in [0.25, 0.3) is 0 Å². The summed E-state index contributed by atoms with van der Waals surface area (Å²) in [7, 11) is 3.66. The van der Waals surface area contributed by atoms with E-state index in [2.05, 4.69) is 27.8 Å². The zero-order valence-electron chi connectivity index (χ0n) is 27.7. The standard InChI is InChI=1S/C34H50N4O6/c1-18(2)24(35-8)28(40)43-21-13-19(3)38-17-32(36-9)16-33(31(6,7)34(32,42)15-20(38)14-21)23-12-10-11-22(25(23)37-29(33)41)26(39)27-30(4,5)44-27/h10-12,18-21,24,27,35-36,42H,13-17H2,1-9H3,(H,37,41). The summed E-state index contributed by atoms with van der Waals surface area (Å²) in [6, 6.07) is 5.25. The smallest absolute Gasteiger partial charge is 0.323 e. The summed E-state index contributed by atoms with van der Waals surface area (Å²) in [4.78, 5) is 43.3. The van der Waals surface area contributed by atoms with Crippen LogP contribution in [-0.4, -0.2) is 95.4 Å². The molecule has 6 rings (SSSR count). The quantitative estimate of drug-likeness (QED) is 0.209. The maximum Gasteiger partial charge on any atom is 0.323 e. The van der Waals surface area contributed by atoms with Gasteiger partial charge in [-0.25, -0.2) is 0 Å². The second-order valence-electron chi connectivity index (χ2n) is 15.5. The first kappa shape index (κ1) is 31.6. The highest BCUT2D eigenvalue weighted by Crippen LogP contribution is 2.69. The molecule has 1 aliphatic carbocycles. The zero-order valence-corrected chi connectivity index (χ0v) is 27.7. The summed E-state index contributed by atoms with van der Waals surface area (Å²) < 4.78 is 11.7. The van der Waals surface area contributed by atoms with Gasteiger partial charge in [-0.1, -0.05) is 39.8 Å². The molecule has 5 aliphatic rings. The molecule has 3 saturated heterocycles. The van der Waals surface area contributed by atoms with Gasteiger partial charge in [0.25, 0.3) is 0 Å². The number of esters is 1. The zero-order chi connectivity index (χ0) is 32.2. The molecule has 242 valence electrons. The summed E-state index contributed by atoms with van der Waals surface area (Å²) in [5, 5.41) is 22.7. The fourth-order valence-electron chi connectivity index (χ4n) is 9.56. The summed E-state index contributed by atoms with van der Waals surface area (Å²) in [5.74, 6) is -0.455. The van der Waals surface area contributed by atoms with E-state index in [0.29, 0.717) is 43.5 Å². The number of likely N-dealkylation sites (N-methyl/N-ethyl adjacent to an activating group) is 2. The Labute approximate surface area is 261 Å². The maximum atomic E-state index is 14.3. The molecule has 10 heteroatoms. The lowest BCUT2D eigenvalue weighted by molar-refractivity contribution is -0.184. The van der Waals surface area contributed by atoms with Crippen molar-refractivity contribution in [3.8, 4) is 0 Å². The number of carbonyl (C=O) groups is 3. The maximum absolute atomic E-state index is 14.3. The van der Waals surface area contributed by atoms with Crippen LogP contribution in [-0.2, 0) is 24.5 Å². The van der Waals surface area contributed by atoms with Gasteiger partial charge in [0.05, 0.1) is 27.8 Å². The molecule has 4 heterocycles. The first-order valence-corrected chi connectivity index (χ1v) is 16.2. The predicted molar refractivity (Wildman–Crippen MR) is 167 cm³/mol. The van der Waals surface area contributed by atoms with Crippen molar-refractivity contribution in [2.45, 2.75) is 127 Å². The minimum atomic E-state index is -1.28. The largest absolute Gasteiger partial charge is 0.461 e. The van der Waals surface area contributed by atoms with Gasteiger partial charge in [-0.15, -0.1) is 0 Å². The van der Waals surface area contributed by atoms with Crippen LogP contribution in [0.3, 0.4) is 0 Å². The molecule has 1 amide bonds. The first-order valence-electron chi connectivity index (χ1n) is 16.2. The number of hydrogen-bond acceptors (Lipinski definition) is 9. The molecule has 4 aliphatic heterocycles. The van der Waals surface area contributed by atoms with Crippen LogP contribution in [0, 0.1) is 11.3 Å². The number of anilines is 1. The van der Waals surface area contributed by atoms with Crippen LogP contribution < -0.4 is 16.0 Å². The van der Waals surface area contributed by atoms with Crippen LogP contribution in [0.1, 0.15) is 90.1 Å². The number of fused-ring (bicyclic) bond motifs is 4. The van der Waals surface area contributed by atoms with Crippen molar-refractivity contribution in [1.29, 1.82) is 0 Å². The van der Waals surface area contributed by atoms with Crippen LogP contribution in [0.5, 0.6) is 0 Å². The topological polar surface area (TPSA) is 133 Å². The number of piperidine rings is 2. The van der Waals surface area contributed by atoms with E-state index in [0.717, 1.165) is 5.56 Å². The third-order valence-electron chi connectivity index (χ3n) is 12.3. The van der Waals surface area contributed by atoms with Crippen LogP contribution in [0.4, 0.5) is 5.69 Å². The summed E-state index contributed by atoms with van der Waals surface area (Å²) in [6.07, 6.45) is 1.33. The lowest BCUT2D eigenvalue weighted by Gasteiger charge is -2.60. The van der Waals surface area contributed by atoms with Gasteiger partial charge in [0, 0.05) is 36.0 Å². The molecule has 44 heavy (non-hydrogen) atoms. The molecule has 1 spiro atoms. The van der Waals surface area contributed by atoms with Gasteiger partial charge in [-0.2, -0.15) is 0 Å². The minimum absolute atomic E-state index is 0.0318. The lowest BCUT2D eigenvalue weighted by Crippen LogP contribution is -2.75. The normalized spacial score (nSPS) is 38.9. The Hall–Kier alpha value is -2.37. The molecule has 10 nitrogen and oxygen atoms in total. The van der Waals surface area contributed by atoms with E-state index in [4.69, 9.17) is 9.47 Å². The molecule has 0 aromatic heterocycles. The van der Waals surface area contributed by atoms with Crippen molar-refractivity contribution in [3.05, 3.63) is 29.3 Å². The average molecular weight is 611 g/mol. The number of epoxide rings is 1.